The third-order valence-electron chi connectivity index (χ3n) is 4.29. The topological polar surface area (TPSA) is 168 Å². The van der Waals surface area contributed by atoms with Crippen LogP contribution in [0, 0.1) is 5.92 Å². The minimum absolute atomic E-state index is 0.0268. The van der Waals surface area contributed by atoms with E-state index >= 15 is 0 Å². The van der Waals surface area contributed by atoms with Crippen LogP contribution < -0.4 is 11.5 Å². The highest BCUT2D eigenvalue weighted by Crippen LogP contribution is 2.22. The Morgan fingerprint density at radius 1 is 1.31 bits per heavy atom. The summed E-state index contributed by atoms with van der Waals surface area (Å²) in [6, 6.07) is 0. The first-order chi connectivity index (χ1) is 12.5. The van der Waals surface area contributed by atoms with Crippen molar-refractivity contribution in [2.75, 3.05) is 25.4 Å². The Hall–Kier alpha value is -3.02. The number of amides is 1. The lowest BCUT2D eigenvalue weighted by atomic mass is 9.96. The van der Waals surface area contributed by atoms with Gasteiger partial charge in [-0.05, 0) is 43.2 Å². The van der Waals surface area contributed by atoms with Crippen LogP contribution in [0.15, 0.2) is 4.63 Å². The molecule has 0 bridgehead atoms. The largest absolute Gasteiger partial charge is 0.461 e. The molecule has 1 aliphatic rings. The second-order valence-corrected chi connectivity index (χ2v) is 5.94. The SMILES string of the molecule is CCOC(=O)c1nnn(-c2nonc2N)c1CN1CCC(C(N)=O)CC1. The first-order valence-electron chi connectivity index (χ1n) is 8.23. The predicted octanol–water partition coefficient (Wildman–Crippen LogP) is -0.893. The fourth-order valence-electron chi connectivity index (χ4n) is 2.90. The highest BCUT2D eigenvalue weighted by Gasteiger charge is 2.29. The molecule has 3 heterocycles. The fourth-order valence-corrected chi connectivity index (χ4v) is 2.90. The number of nitrogens with zero attached hydrogens (tertiary/aromatic N) is 6. The van der Waals surface area contributed by atoms with Gasteiger partial charge < -0.3 is 16.2 Å². The van der Waals surface area contributed by atoms with E-state index in [9.17, 15) is 9.59 Å². The van der Waals surface area contributed by atoms with Gasteiger partial charge in [0.25, 0.3) is 0 Å². The maximum absolute atomic E-state index is 12.2. The molecule has 0 unspecified atom stereocenters. The lowest BCUT2D eigenvalue weighted by Gasteiger charge is -2.30. The Balaban J connectivity index is 1.86. The Morgan fingerprint density at radius 2 is 2.04 bits per heavy atom. The van der Waals surface area contributed by atoms with Gasteiger partial charge in [0.1, 0.15) is 0 Å². The number of nitrogen functional groups attached to an aromatic ring is 1. The summed E-state index contributed by atoms with van der Waals surface area (Å²) < 4.78 is 11.0. The number of hydrogen-bond acceptors (Lipinski definition) is 10. The van der Waals surface area contributed by atoms with Gasteiger partial charge in [-0.3, -0.25) is 9.69 Å². The highest BCUT2D eigenvalue weighted by atomic mass is 16.6. The number of piperidine rings is 1. The van der Waals surface area contributed by atoms with Crippen LogP contribution in [-0.2, 0) is 16.1 Å². The number of hydrogen-bond donors (Lipinski definition) is 2. The minimum Gasteiger partial charge on any atom is -0.461 e. The van der Waals surface area contributed by atoms with E-state index in [0.717, 1.165) is 0 Å². The Morgan fingerprint density at radius 3 is 2.62 bits per heavy atom. The number of esters is 1. The highest BCUT2D eigenvalue weighted by molar-refractivity contribution is 5.88. The molecule has 0 atom stereocenters. The molecule has 0 spiro atoms. The molecule has 0 saturated carbocycles. The van der Waals surface area contributed by atoms with E-state index in [2.05, 4.69) is 30.2 Å². The summed E-state index contributed by atoms with van der Waals surface area (Å²) in [4.78, 5) is 25.6. The molecule has 2 aromatic heterocycles. The Kier molecular flexibility index (Phi) is 5.11. The first-order valence-corrected chi connectivity index (χ1v) is 8.23. The zero-order valence-corrected chi connectivity index (χ0v) is 14.3. The maximum Gasteiger partial charge on any atom is 0.360 e. The number of aromatic nitrogens is 5. The van der Waals surface area contributed by atoms with Crippen LogP contribution in [0.25, 0.3) is 5.82 Å². The molecule has 1 fully saturated rings. The first kappa shape index (κ1) is 17.8. The summed E-state index contributed by atoms with van der Waals surface area (Å²) >= 11 is 0. The summed E-state index contributed by atoms with van der Waals surface area (Å²) in [6.45, 7) is 3.55. The standard InChI is InChI=1S/C14H20N8O4/c1-2-25-14(24)10-9(7-21-5-3-8(4-6-21)12(16)23)22(20-17-10)13-11(15)18-26-19-13/h8H,2-7H2,1H3,(H2,15,18)(H2,16,23). The summed E-state index contributed by atoms with van der Waals surface area (Å²) in [5.74, 6) is -0.830. The maximum atomic E-state index is 12.2. The molecule has 2 aromatic rings. The number of likely N-dealkylation sites (tertiary alicyclic amines) is 1. The van der Waals surface area contributed by atoms with Crippen LogP contribution in [0.3, 0.4) is 0 Å². The van der Waals surface area contributed by atoms with Crippen molar-refractivity contribution in [3.63, 3.8) is 0 Å². The predicted molar refractivity (Wildman–Crippen MR) is 86.8 cm³/mol. The van der Waals surface area contributed by atoms with Gasteiger partial charge >= 0.3 is 5.97 Å². The number of rotatable bonds is 6. The summed E-state index contributed by atoms with van der Waals surface area (Å²) in [5.41, 5.74) is 11.6. The molecule has 12 nitrogen and oxygen atoms in total. The van der Waals surface area contributed by atoms with E-state index in [1.165, 1.54) is 4.68 Å². The van der Waals surface area contributed by atoms with Gasteiger partial charge in [-0.1, -0.05) is 5.21 Å². The van der Waals surface area contributed by atoms with Crippen LogP contribution in [-0.4, -0.2) is 61.8 Å². The molecule has 26 heavy (non-hydrogen) atoms. The lowest BCUT2D eigenvalue weighted by molar-refractivity contribution is -0.123. The van der Waals surface area contributed by atoms with E-state index in [-0.39, 0.29) is 35.8 Å². The average Bonchev–Trinajstić information content (AvgIpc) is 3.21. The van der Waals surface area contributed by atoms with Crippen molar-refractivity contribution in [3.05, 3.63) is 11.4 Å². The van der Waals surface area contributed by atoms with Gasteiger partial charge in [-0.15, -0.1) is 5.10 Å². The second-order valence-electron chi connectivity index (χ2n) is 5.94. The number of carbonyl (C=O) groups is 2. The zero-order valence-electron chi connectivity index (χ0n) is 14.3. The Labute approximate surface area is 148 Å². The molecule has 1 saturated heterocycles. The number of ether oxygens (including phenoxy) is 1. The number of primary amides is 1. The van der Waals surface area contributed by atoms with E-state index in [1.54, 1.807) is 6.92 Å². The zero-order chi connectivity index (χ0) is 18.7. The third-order valence-corrected chi connectivity index (χ3v) is 4.29. The average molecular weight is 364 g/mol. The molecule has 140 valence electrons. The molecule has 0 radical (unpaired) electrons. The fraction of sp³-hybridized carbons (Fsp3) is 0.571. The monoisotopic (exact) mass is 364 g/mol. The van der Waals surface area contributed by atoms with Gasteiger partial charge in [-0.25, -0.2) is 9.42 Å². The van der Waals surface area contributed by atoms with E-state index in [4.69, 9.17) is 16.2 Å². The second kappa shape index (κ2) is 7.47. The van der Waals surface area contributed by atoms with Crippen molar-refractivity contribution in [1.82, 2.24) is 30.2 Å². The van der Waals surface area contributed by atoms with Crippen LogP contribution in [0.1, 0.15) is 35.9 Å². The van der Waals surface area contributed by atoms with Crippen molar-refractivity contribution < 1.29 is 19.0 Å². The summed E-state index contributed by atoms with van der Waals surface area (Å²) in [5, 5.41) is 15.1. The van der Waals surface area contributed by atoms with Crippen LogP contribution >= 0.6 is 0 Å². The molecule has 12 heteroatoms. The number of nitrogens with two attached hydrogens (primary N) is 2. The minimum atomic E-state index is -0.587. The summed E-state index contributed by atoms with van der Waals surface area (Å²) in [6.07, 6.45) is 1.30. The molecule has 4 N–H and O–H groups in total. The van der Waals surface area contributed by atoms with Crippen molar-refractivity contribution in [3.8, 4) is 5.82 Å². The van der Waals surface area contributed by atoms with Gasteiger partial charge in [-0.2, -0.15) is 4.68 Å². The Bertz CT molecular complexity index is 793. The molecular weight excluding hydrogens is 344 g/mol. The molecule has 0 aliphatic carbocycles. The quantitative estimate of drug-likeness (QED) is 0.613. The molecule has 3 rings (SSSR count). The summed E-state index contributed by atoms with van der Waals surface area (Å²) in [7, 11) is 0. The molecular formula is C14H20N8O4. The van der Waals surface area contributed by atoms with Gasteiger partial charge in [0.2, 0.25) is 17.5 Å². The van der Waals surface area contributed by atoms with Crippen molar-refractivity contribution in [1.29, 1.82) is 0 Å². The normalized spacial score (nSPS) is 15.9. The van der Waals surface area contributed by atoms with Gasteiger partial charge in [0.15, 0.2) is 5.69 Å². The van der Waals surface area contributed by atoms with Crippen molar-refractivity contribution >= 4 is 17.7 Å². The lowest BCUT2D eigenvalue weighted by Crippen LogP contribution is -2.38. The number of anilines is 1. The van der Waals surface area contributed by atoms with Crippen molar-refractivity contribution in [2.45, 2.75) is 26.3 Å². The smallest absolute Gasteiger partial charge is 0.360 e. The third kappa shape index (κ3) is 3.49. The number of carbonyl (C=O) groups excluding carboxylic acids is 2. The van der Waals surface area contributed by atoms with Crippen LogP contribution in [0.2, 0.25) is 0 Å². The van der Waals surface area contributed by atoms with Crippen molar-refractivity contribution in [2.24, 2.45) is 11.7 Å². The van der Waals surface area contributed by atoms with Gasteiger partial charge in [0, 0.05) is 12.5 Å². The van der Waals surface area contributed by atoms with Gasteiger partial charge in [0.05, 0.1) is 12.3 Å². The molecule has 1 aliphatic heterocycles. The molecule has 0 aromatic carbocycles. The van der Waals surface area contributed by atoms with Crippen LogP contribution in [0.4, 0.5) is 5.82 Å². The van der Waals surface area contributed by atoms with E-state index in [0.29, 0.717) is 38.2 Å². The molecule has 1 amide bonds. The van der Waals surface area contributed by atoms with E-state index < -0.39 is 5.97 Å². The van der Waals surface area contributed by atoms with E-state index in [1.807, 2.05) is 0 Å². The van der Waals surface area contributed by atoms with Crippen LogP contribution in [0.5, 0.6) is 0 Å².